The summed E-state index contributed by atoms with van der Waals surface area (Å²) in [5, 5.41) is 3.43. The van der Waals surface area contributed by atoms with E-state index in [-0.39, 0.29) is 32.4 Å². The Kier molecular flexibility index (Phi) is 10.3. The van der Waals surface area contributed by atoms with Crippen LogP contribution in [-0.4, -0.2) is 77.1 Å². The van der Waals surface area contributed by atoms with Gasteiger partial charge in [0.05, 0.1) is 17.8 Å². The third-order valence-corrected chi connectivity index (χ3v) is 14.0. The molecule has 2 saturated carbocycles. The van der Waals surface area contributed by atoms with Crippen LogP contribution in [0.15, 0.2) is 60.7 Å². The average Bonchev–Trinajstić information content (AvgIpc) is 3.94. The summed E-state index contributed by atoms with van der Waals surface area (Å²) in [6.07, 6.45) is 7.23. The number of halogens is 2. The number of fused-ring (bicyclic) bond motifs is 3. The van der Waals surface area contributed by atoms with Gasteiger partial charge < -0.3 is 15.0 Å². The van der Waals surface area contributed by atoms with Gasteiger partial charge in [0, 0.05) is 23.9 Å². The normalized spacial score (nSPS) is 29.0. The van der Waals surface area contributed by atoms with Crippen molar-refractivity contribution in [2.24, 2.45) is 5.92 Å². The van der Waals surface area contributed by atoms with Crippen LogP contribution in [0.5, 0.6) is 0 Å². The Bertz CT molecular complexity index is 1870. The number of amides is 4. The van der Waals surface area contributed by atoms with Gasteiger partial charge in [-0.15, -0.1) is 0 Å². The Balaban J connectivity index is 1.10. The number of nitrogens with zero attached hydrogens (tertiary/aromatic N) is 2. The van der Waals surface area contributed by atoms with E-state index in [9.17, 15) is 27.6 Å². The van der Waals surface area contributed by atoms with Crippen LogP contribution in [0.1, 0.15) is 74.5 Å². The second-order valence-corrected chi connectivity index (χ2v) is 17.5. The number of sulfonamides is 1. The van der Waals surface area contributed by atoms with E-state index in [1.807, 2.05) is 54.6 Å². The molecule has 2 aromatic rings. The quantitative estimate of drug-likeness (QED) is 0.275. The fraction of sp³-hybridized carbons (Fsp3) is 0.514. The van der Waals surface area contributed by atoms with Crippen molar-refractivity contribution in [3.63, 3.8) is 0 Å². The van der Waals surface area contributed by atoms with Crippen LogP contribution in [0.2, 0.25) is 5.02 Å². The Morgan fingerprint density at radius 1 is 1.02 bits per heavy atom. The van der Waals surface area contributed by atoms with Crippen molar-refractivity contribution in [2.75, 3.05) is 6.54 Å². The molecule has 5 aliphatic rings. The molecule has 1 saturated heterocycles. The van der Waals surface area contributed by atoms with E-state index in [0.29, 0.717) is 37.3 Å². The predicted octanol–water partition coefficient (Wildman–Crippen LogP) is 4.49. The summed E-state index contributed by atoms with van der Waals surface area (Å²) in [6, 6.07) is 12.9. The first-order valence-electron chi connectivity index (χ1n) is 17.9. The first kappa shape index (κ1) is 36.7. The highest BCUT2D eigenvalue weighted by Crippen LogP contribution is 2.49. The zero-order valence-corrected chi connectivity index (χ0v) is 31.0. The van der Waals surface area contributed by atoms with Crippen molar-refractivity contribution in [1.82, 2.24) is 24.7 Å². The molecular formula is C37H43Cl2N5O7S. The summed E-state index contributed by atoms with van der Waals surface area (Å²) in [5.41, 5.74) is 1.09. The Hall–Kier alpha value is -3.65. The fourth-order valence-corrected chi connectivity index (χ4v) is 9.92. The maximum absolute atomic E-state index is 14.2. The molecule has 0 bridgehead atoms. The predicted molar refractivity (Wildman–Crippen MR) is 194 cm³/mol. The lowest BCUT2D eigenvalue weighted by atomic mass is 10.1. The Morgan fingerprint density at radius 3 is 2.54 bits per heavy atom. The zero-order chi connectivity index (χ0) is 36.7. The lowest BCUT2D eigenvalue weighted by Crippen LogP contribution is -2.58. The van der Waals surface area contributed by atoms with Gasteiger partial charge in [-0.05, 0) is 79.5 Å². The maximum atomic E-state index is 14.2. The number of nitrogens with one attached hydrogen (secondary N) is 3. The zero-order valence-electron chi connectivity index (χ0n) is 28.7. The number of hydrogen-bond acceptors (Lipinski definition) is 8. The van der Waals surface area contributed by atoms with Gasteiger partial charge in [0.25, 0.3) is 5.91 Å². The van der Waals surface area contributed by atoms with Crippen LogP contribution in [-0.2, 0) is 48.7 Å². The molecule has 0 aromatic heterocycles. The first-order chi connectivity index (χ1) is 24.9. The summed E-state index contributed by atoms with van der Waals surface area (Å²) in [4.78, 5) is 61.0. The van der Waals surface area contributed by atoms with Crippen LogP contribution < -0.4 is 14.9 Å². The molecule has 3 N–H and O–H groups in total. The highest BCUT2D eigenvalue weighted by atomic mass is 35.5. The summed E-state index contributed by atoms with van der Waals surface area (Å²) in [5.74, 6) is -2.30. The summed E-state index contributed by atoms with van der Waals surface area (Å²) in [7, 11) is -4.11. The van der Waals surface area contributed by atoms with E-state index in [1.165, 1.54) is 9.80 Å². The molecule has 0 unspecified atom stereocenters. The van der Waals surface area contributed by atoms with Crippen molar-refractivity contribution in [2.45, 2.75) is 106 Å². The van der Waals surface area contributed by atoms with E-state index < -0.39 is 68.2 Å². The smallest absolute Gasteiger partial charge is 0.410 e. The monoisotopic (exact) mass is 771 g/mol. The molecule has 3 aliphatic heterocycles. The topological polar surface area (TPSA) is 154 Å². The van der Waals surface area contributed by atoms with Gasteiger partial charge in [-0.2, -0.15) is 0 Å². The average molecular weight is 773 g/mol. The van der Waals surface area contributed by atoms with Crippen LogP contribution >= 0.6 is 23.4 Å². The second kappa shape index (κ2) is 14.6. The molecule has 4 amide bonds. The molecule has 2 aliphatic carbocycles. The lowest BCUT2D eigenvalue weighted by molar-refractivity contribution is -0.141. The first-order valence-corrected chi connectivity index (χ1v) is 20.2. The highest BCUT2D eigenvalue weighted by Gasteiger charge is 2.64. The minimum absolute atomic E-state index is 0.0173. The number of hydrogen-bond donors (Lipinski definition) is 3. The SMILES string of the molecule is O=C1N[C@]2(C(=O)NS(=O)(=O)C3(Cc4ccccc4)CC3)C[C@H]2/C=C\CCCCC[C@H](NCl)C(=O)N2C[C@H](OC(=O)N3Cc4cccc(Cl)c4C3)C[C@@H]12. The molecule has 3 heterocycles. The van der Waals surface area contributed by atoms with Gasteiger partial charge in [0.15, 0.2) is 0 Å². The molecule has 278 valence electrons. The number of allylic oxidation sites excluding steroid dienone is 1. The van der Waals surface area contributed by atoms with Gasteiger partial charge in [0.1, 0.15) is 23.7 Å². The molecule has 7 rings (SSSR count). The summed E-state index contributed by atoms with van der Waals surface area (Å²) in [6.45, 7) is 0.528. The number of benzene rings is 2. The Labute approximate surface area is 313 Å². The highest BCUT2D eigenvalue weighted by molar-refractivity contribution is 7.91. The van der Waals surface area contributed by atoms with Gasteiger partial charge in [-0.25, -0.2) is 18.0 Å². The van der Waals surface area contributed by atoms with Gasteiger partial charge in [0.2, 0.25) is 21.8 Å². The minimum atomic E-state index is -4.11. The summed E-state index contributed by atoms with van der Waals surface area (Å²) < 4.78 is 34.6. The van der Waals surface area contributed by atoms with Crippen LogP contribution in [0, 0.1) is 5.92 Å². The molecule has 0 radical (unpaired) electrons. The molecule has 3 fully saturated rings. The lowest BCUT2D eigenvalue weighted by Gasteiger charge is -2.29. The van der Waals surface area contributed by atoms with Crippen LogP contribution in [0.4, 0.5) is 4.79 Å². The maximum Gasteiger partial charge on any atom is 0.410 e. The van der Waals surface area contributed by atoms with Gasteiger partial charge in [-0.3, -0.25) is 24.0 Å². The molecule has 2 aromatic carbocycles. The minimum Gasteiger partial charge on any atom is -0.444 e. The van der Waals surface area contributed by atoms with Crippen LogP contribution in [0.3, 0.4) is 0 Å². The third-order valence-electron chi connectivity index (χ3n) is 11.2. The molecule has 5 atom stereocenters. The van der Waals surface area contributed by atoms with E-state index >= 15 is 0 Å². The van der Waals surface area contributed by atoms with E-state index in [2.05, 4.69) is 14.9 Å². The van der Waals surface area contributed by atoms with Crippen LogP contribution in [0.25, 0.3) is 0 Å². The largest absolute Gasteiger partial charge is 0.444 e. The molecule has 52 heavy (non-hydrogen) atoms. The van der Waals surface area contributed by atoms with Gasteiger partial charge in [-0.1, -0.05) is 79.1 Å². The molecule has 12 nitrogen and oxygen atoms in total. The number of carbonyl (C=O) groups is 4. The molecule has 0 spiro atoms. The number of carbonyl (C=O) groups excluding carboxylic acids is 4. The van der Waals surface area contributed by atoms with E-state index in [0.717, 1.165) is 36.0 Å². The van der Waals surface area contributed by atoms with Crippen molar-refractivity contribution >= 4 is 57.2 Å². The van der Waals surface area contributed by atoms with Crippen molar-refractivity contribution in [3.05, 3.63) is 82.4 Å². The molecular weight excluding hydrogens is 729 g/mol. The van der Waals surface area contributed by atoms with Crippen molar-refractivity contribution in [1.29, 1.82) is 0 Å². The van der Waals surface area contributed by atoms with Crippen molar-refractivity contribution < 1.29 is 32.3 Å². The molecule has 15 heteroatoms. The summed E-state index contributed by atoms with van der Waals surface area (Å²) >= 11 is 12.4. The fourth-order valence-electron chi connectivity index (χ4n) is 7.83. The Morgan fingerprint density at radius 2 is 1.81 bits per heavy atom. The van der Waals surface area contributed by atoms with E-state index in [4.69, 9.17) is 28.1 Å². The van der Waals surface area contributed by atoms with E-state index in [1.54, 1.807) is 6.07 Å². The standard InChI is InChI=1S/C37H43Cl2N5O7S/c38-29-14-9-12-25-21-43(23-28(25)29)35(48)51-27-18-31-32(45)40-37(34(47)42-52(49,50)36(16-17-36)19-24-10-5-4-6-11-24)20-26(37)13-7-2-1-3-8-15-30(41-39)33(46)44(31)22-27/h4-7,9-14,26-27,30-31,41H,1-3,8,15-23H2,(H,40,45)(H,42,47)/b13-7-/t26-,27-,30+,31+,37-/m1/s1. The third kappa shape index (κ3) is 7.29. The number of ether oxygens (including phenoxy) is 1. The second-order valence-electron chi connectivity index (χ2n) is 14.8. The van der Waals surface area contributed by atoms with Crippen molar-refractivity contribution in [3.8, 4) is 0 Å². The number of rotatable bonds is 7. The van der Waals surface area contributed by atoms with Gasteiger partial charge >= 0.3 is 6.09 Å².